The smallest absolute Gasteiger partial charge is 0.255 e. The van der Waals surface area contributed by atoms with Crippen molar-refractivity contribution in [2.45, 2.75) is 19.4 Å². The normalized spacial score (nSPS) is 11.5. The Hall–Kier alpha value is -2.14. The van der Waals surface area contributed by atoms with Gasteiger partial charge in [0.05, 0.1) is 11.2 Å². The van der Waals surface area contributed by atoms with E-state index in [4.69, 9.17) is 0 Å². The van der Waals surface area contributed by atoms with Crippen molar-refractivity contribution in [2.24, 2.45) is 0 Å². The molecule has 5 nitrogen and oxygen atoms in total. The summed E-state index contributed by atoms with van der Waals surface area (Å²) < 4.78 is 0. The van der Waals surface area contributed by atoms with Crippen LogP contribution in [0.25, 0.3) is 10.8 Å². The van der Waals surface area contributed by atoms with Crippen LogP contribution < -0.4 is 5.32 Å². The van der Waals surface area contributed by atoms with Gasteiger partial charge in [-0.05, 0) is 19.2 Å². The monoisotopic (exact) mass is 287 g/mol. The van der Waals surface area contributed by atoms with Crippen molar-refractivity contribution < 1.29 is 9.90 Å². The number of pyridine rings is 1. The lowest BCUT2D eigenvalue weighted by molar-refractivity contribution is 0.0368. The van der Waals surface area contributed by atoms with Gasteiger partial charge in [0, 0.05) is 32.2 Å². The van der Waals surface area contributed by atoms with E-state index in [1.807, 2.05) is 24.3 Å². The molecule has 1 heterocycles. The molecule has 0 aliphatic carbocycles. The Balaban J connectivity index is 2.45. The van der Waals surface area contributed by atoms with Crippen LogP contribution in [0.4, 0.5) is 5.82 Å². The van der Waals surface area contributed by atoms with E-state index in [1.54, 1.807) is 34.1 Å². The molecule has 0 aliphatic rings. The van der Waals surface area contributed by atoms with Gasteiger partial charge in [-0.3, -0.25) is 4.79 Å². The predicted molar refractivity (Wildman–Crippen MR) is 84.5 cm³/mol. The summed E-state index contributed by atoms with van der Waals surface area (Å²) in [5, 5.41) is 14.6. The molecular formula is C16H21N3O2. The summed E-state index contributed by atoms with van der Waals surface area (Å²) in [5.74, 6) is 0.593. The number of carbonyl (C=O) groups is 1. The minimum atomic E-state index is -0.932. The van der Waals surface area contributed by atoms with Gasteiger partial charge in [-0.25, -0.2) is 4.98 Å². The third-order valence-corrected chi connectivity index (χ3v) is 3.23. The molecule has 21 heavy (non-hydrogen) atoms. The summed E-state index contributed by atoms with van der Waals surface area (Å²) in [6.07, 6.45) is 1.58. The Morgan fingerprint density at radius 2 is 1.95 bits per heavy atom. The van der Waals surface area contributed by atoms with Crippen LogP contribution in [-0.4, -0.2) is 47.1 Å². The Kier molecular flexibility index (Phi) is 4.14. The molecule has 1 amide bonds. The molecule has 0 saturated heterocycles. The average Bonchev–Trinajstić information content (AvgIpc) is 2.43. The summed E-state index contributed by atoms with van der Waals surface area (Å²) in [6, 6.07) is 7.65. The van der Waals surface area contributed by atoms with Crippen molar-refractivity contribution >= 4 is 22.5 Å². The second-order valence-corrected chi connectivity index (χ2v) is 5.79. The molecule has 2 aromatic rings. The Morgan fingerprint density at radius 3 is 2.52 bits per heavy atom. The van der Waals surface area contributed by atoms with Crippen LogP contribution in [0.15, 0.2) is 30.5 Å². The van der Waals surface area contributed by atoms with E-state index >= 15 is 0 Å². The first-order valence-corrected chi connectivity index (χ1v) is 6.87. The summed E-state index contributed by atoms with van der Waals surface area (Å²) in [6.45, 7) is 3.61. The van der Waals surface area contributed by atoms with E-state index in [2.05, 4.69) is 10.3 Å². The van der Waals surface area contributed by atoms with Crippen LogP contribution in [-0.2, 0) is 0 Å². The lowest BCUT2D eigenvalue weighted by Gasteiger charge is -2.26. The van der Waals surface area contributed by atoms with Crippen LogP contribution in [0.3, 0.4) is 0 Å². The number of rotatable bonds is 4. The maximum Gasteiger partial charge on any atom is 0.255 e. The van der Waals surface area contributed by atoms with Gasteiger partial charge in [-0.2, -0.15) is 0 Å². The third kappa shape index (κ3) is 3.31. The fraction of sp³-hybridized carbons (Fsp3) is 0.375. The molecule has 0 aliphatic heterocycles. The number of carbonyl (C=O) groups excluding carboxylic acids is 1. The summed E-state index contributed by atoms with van der Waals surface area (Å²) in [4.78, 5) is 18.4. The molecule has 0 spiro atoms. The standard InChI is InChI=1S/C16H21N3O2/c1-16(2,21)10-19(4)15(20)13-9-18-14(17-3)12-8-6-5-7-11(12)13/h5-9,21H,10H2,1-4H3,(H,17,18). The van der Waals surface area contributed by atoms with Crippen molar-refractivity contribution in [1.82, 2.24) is 9.88 Å². The Bertz CT molecular complexity index is 662. The highest BCUT2D eigenvalue weighted by atomic mass is 16.3. The van der Waals surface area contributed by atoms with Crippen molar-refractivity contribution in [2.75, 3.05) is 26.0 Å². The number of benzene rings is 1. The molecule has 112 valence electrons. The largest absolute Gasteiger partial charge is 0.389 e. The van der Waals surface area contributed by atoms with E-state index in [0.717, 1.165) is 16.6 Å². The maximum atomic E-state index is 12.6. The van der Waals surface area contributed by atoms with Gasteiger partial charge in [0.25, 0.3) is 5.91 Å². The van der Waals surface area contributed by atoms with Crippen LogP contribution in [0, 0.1) is 0 Å². The topological polar surface area (TPSA) is 65.5 Å². The number of hydrogen-bond acceptors (Lipinski definition) is 4. The van der Waals surface area contributed by atoms with Gasteiger partial charge in [-0.15, -0.1) is 0 Å². The number of anilines is 1. The minimum Gasteiger partial charge on any atom is -0.389 e. The van der Waals surface area contributed by atoms with Crippen LogP contribution >= 0.6 is 0 Å². The van der Waals surface area contributed by atoms with Gasteiger partial charge in [-0.1, -0.05) is 24.3 Å². The van der Waals surface area contributed by atoms with Gasteiger partial charge >= 0.3 is 0 Å². The van der Waals surface area contributed by atoms with Gasteiger partial charge in [0.2, 0.25) is 0 Å². The lowest BCUT2D eigenvalue weighted by atomic mass is 10.0. The quantitative estimate of drug-likeness (QED) is 0.904. The van der Waals surface area contributed by atoms with Gasteiger partial charge in [0.1, 0.15) is 5.82 Å². The second-order valence-electron chi connectivity index (χ2n) is 5.79. The number of aliphatic hydroxyl groups is 1. The molecular weight excluding hydrogens is 266 g/mol. The number of amides is 1. The average molecular weight is 287 g/mol. The van der Waals surface area contributed by atoms with E-state index in [9.17, 15) is 9.90 Å². The molecule has 0 radical (unpaired) electrons. The number of hydrogen-bond donors (Lipinski definition) is 2. The van der Waals surface area contributed by atoms with E-state index in [0.29, 0.717) is 5.56 Å². The van der Waals surface area contributed by atoms with Gasteiger partial charge < -0.3 is 15.3 Å². The molecule has 1 aromatic carbocycles. The number of aromatic nitrogens is 1. The molecule has 1 aromatic heterocycles. The zero-order chi connectivity index (χ0) is 15.6. The SMILES string of the molecule is CNc1ncc(C(=O)N(C)CC(C)(C)O)c2ccccc12. The van der Waals surface area contributed by atoms with E-state index < -0.39 is 5.60 Å². The van der Waals surface area contributed by atoms with Crippen molar-refractivity contribution in [3.05, 3.63) is 36.0 Å². The van der Waals surface area contributed by atoms with Gasteiger partial charge in [0.15, 0.2) is 0 Å². The number of fused-ring (bicyclic) bond motifs is 1. The molecule has 2 rings (SSSR count). The highest BCUT2D eigenvalue weighted by Crippen LogP contribution is 2.25. The van der Waals surface area contributed by atoms with Crippen LogP contribution in [0.2, 0.25) is 0 Å². The fourth-order valence-electron chi connectivity index (χ4n) is 2.42. The maximum absolute atomic E-state index is 12.6. The molecule has 2 N–H and O–H groups in total. The van der Waals surface area contributed by atoms with Crippen molar-refractivity contribution in [3.63, 3.8) is 0 Å². The molecule has 0 saturated carbocycles. The second kappa shape index (κ2) is 5.69. The lowest BCUT2D eigenvalue weighted by Crippen LogP contribution is -2.39. The summed E-state index contributed by atoms with van der Waals surface area (Å²) in [5.41, 5.74) is -0.394. The molecule has 0 unspecified atom stereocenters. The number of likely N-dealkylation sites (N-methyl/N-ethyl adjacent to an activating group) is 1. The summed E-state index contributed by atoms with van der Waals surface area (Å²) in [7, 11) is 3.48. The Morgan fingerprint density at radius 1 is 1.33 bits per heavy atom. The van der Waals surface area contributed by atoms with E-state index in [-0.39, 0.29) is 12.5 Å². The highest BCUT2D eigenvalue weighted by Gasteiger charge is 2.22. The number of nitrogens with zero attached hydrogens (tertiary/aromatic N) is 2. The fourth-order valence-corrected chi connectivity index (χ4v) is 2.42. The first-order chi connectivity index (χ1) is 9.83. The van der Waals surface area contributed by atoms with Crippen molar-refractivity contribution in [1.29, 1.82) is 0 Å². The Labute approximate surface area is 124 Å². The number of nitrogens with one attached hydrogen (secondary N) is 1. The first-order valence-electron chi connectivity index (χ1n) is 6.87. The highest BCUT2D eigenvalue weighted by molar-refractivity contribution is 6.09. The molecule has 0 bridgehead atoms. The molecule has 0 fully saturated rings. The first kappa shape index (κ1) is 15.3. The zero-order valence-corrected chi connectivity index (χ0v) is 12.8. The van der Waals surface area contributed by atoms with Crippen molar-refractivity contribution in [3.8, 4) is 0 Å². The summed E-state index contributed by atoms with van der Waals surface area (Å²) >= 11 is 0. The van der Waals surface area contributed by atoms with Crippen LogP contribution in [0.1, 0.15) is 24.2 Å². The van der Waals surface area contributed by atoms with Crippen LogP contribution in [0.5, 0.6) is 0 Å². The third-order valence-electron chi connectivity index (χ3n) is 3.23. The zero-order valence-electron chi connectivity index (χ0n) is 12.8. The van der Waals surface area contributed by atoms with E-state index in [1.165, 1.54) is 4.90 Å². The minimum absolute atomic E-state index is 0.150. The molecule has 5 heteroatoms. The predicted octanol–water partition coefficient (Wildman–Crippen LogP) is 2.12. The molecule has 0 atom stereocenters.